The van der Waals surface area contributed by atoms with Gasteiger partial charge in [0.1, 0.15) is 0 Å². The van der Waals surface area contributed by atoms with E-state index in [0.29, 0.717) is 12.3 Å². The van der Waals surface area contributed by atoms with Gasteiger partial charge < -0.3 is 0 Å². The molecule has 0 heterocycles. The summed E-state index contributed by atoms with van der Waals surface area (Å²) in [5.74, 6) is -0.389. The first-order valence-electron chi connectivity index (χ1n) is 8.66. The van der Waals surface area contributed by atoms with Crippen LogP contribution in [0.3, 0.4) is 0 Å². The molecule has 0 aromatic heterocycles. The van der Waals surface area contributed by atoms with E-state index in [0.717, 1.165) is 12.8 Å². The maximum absolute atomic E-state index is 5.74. The summed E-state index contributed by atoms with van der Waals surface area (Å²) in [6.45, 7) is 18.2. The summed E-state index contributed by atoms with van der Waals surface area (Å²) in [6.07, 6.45) is 4.96. The van der Waals surface area contributed by atoms with Crippen LogP contribution in [-0.4, -0.2) is 17.0 Å². The summed E-state index contributed by atoms with van der Waals surface area (Å²) in [4.78, 5) is 22.6. The highest BCUT2D eigenvalue weighted by Gasteiger charge is 2.38. The van der Waals surface area contributed by atoms with Gasteiger partial charge in [0.05, 0.1) is 11.2 Å². The molecule has 4 nitrogen and oxygen atoms in total. The second kappa shape index (κ2) is 9.21. The van der Waals surface area contributed by atoms with Gasteiger partial charge in [0.2, 0.25) is 5.79 Å². The Kier molecular flexibility index (Phi) is 9.15. The van der Waals surface area contributed by atoms with Crippen LogP contribution in [0.5, 0.6) is 0 Å². The van der Waals surface area contributed by atoms with Crippen LogP contribution in [0.15, 0.2) is 0 Å². The van der Waals surface area contributed by atoms with Crippen LogP contribution in [0.25, 0.3) is 0 Å². The van der Waals surface area contributed by atoms with Gasteiger partial charge in [-0.1, -0.05) is 40.0 Å². The first-order chi connectivity index (χ1) is 9.93. The van der Waals surface area contributed by atoms with Crippen molar-refractivity contribution in [1.82, 2.24) is 0 Å². The summed E-state index contributed by atoms with van der Waals surface area (Å²) in [7, 11) is 0. The molecule has 0 N–H and O–H groups in total. The molecule has 0 spiro atoms. The minimum absolute atomic E-state index is 0.391. The van der Waals surface area contributed by atoms with Crippen molar-refractivity contribution in [2.24, 2.45) is 5.92 Å². The summed E-state index contributed by atoms with van der Waals surface area (Å²) < 4.78 is 0. The molecule has 1 unspecified atom stereocenters. The SMILES string of the molecule is CCCCC(C)CC(CC)(OOC(C)(C)C)OOC(C)(C)C. The topological polar surface area (TPSA) is 36.9 Å². The molecule has 0 amide bonds. The second-order valence-electron chi connectivity index (χ2n) is 8.27. The van der Waals surface area contributed by atoms with Gasteiger partial charge in [-0.15, -0.1) is 0 Å². The quantitative estimate of drug-likeness (QED) is 0.290. The summed E-state index contributed by atoms with van der Waals surface area (Å²) in [5, 5.41) is 0. The minimum Gasteiger partial charge on any atom is -0.228 e. The Labute approximate surface area is 137 Å². The van der Waals surface area contributed by atoms with E-state index in [1.807, 2.05) is 48.5 Å². The smallest absolute Gasteiger partial charge is 0.228 e. The lowest BCUT2D eigenvalue weighted by molar-refractivity contribution is -0.544. The van der Waals surface area contributed by atoms with Crippen LogP contribution in [0.4, 0.5) is 0 Å². The Morgan fingerprint density at radius 2 is 1.23 bits per heavy atom. The van der Waals surface area contributed by atoms with Crippen molar-refractivity contribution in [3.05, 3.63) is 0 Å². The van der Waals surface area contributed by atoms with E-state index in [-0.39, 0.29) is 0 Å². The molecular weight excluding hydrogens is 280 g/mol. The van der Waals surface area contributed by atoms with E-state index in [9.17, 15) is 0 Å². The molecule has 0 saturated carbocycles. The molecule has 0 aliphatic rings. The lowest BCUT2D eigenvalue weighted by Crippen LogP contribution is -2.42. The molecule has 4 heteroatoms. The van der Waals surface area contributed by atoms with Crippen molar-refractivity contribution in [3.63, 3.8) is 0 Å². The minimum atomic E-state index is -0.867. The molecule has 0 aromatic carbocycles. The Hall–Kier alpha value is -0.160. The number of hydrogen-bond donors (Lipinski definition) is 0. The molecule has 22 heavy (non-hydrogen) atoms. The van der Waals surface area contributed by atoms with Gasteiger partial charge in [-0.3, -0.25) is 0 Å². The monoisotopic (exact) mass is 318 g/mol. The largest absolute Gasteiger partial charge is 0.234 e. The number of rotatable bonds is 10. The average Bonchev–Trinajstić information content (AvgIpc) is 2.38. The molecule has 0 fully saturated rings. The van der Waals surface area contributed by atoms with Crippen LogP contribution < -0.4 is 0 Å². The standard InChI is InChI=1S/C18H38O4/c1-10-12-13-15(3)14-18(11-2,21-19-16(4,5)6)22-20-17(7,8)9/h15H,10-14H2,1-9H3. The highest BCUT2D eigenvalue weighted by atomic mass is 17.3. The predicted molar refractivity (Wildman–Crippen MR) is 90.2 cm³/mol. The average molecular weight is 318 g/mol. The number of hydrogen-bond acceptors (Lipinski definition) is 4. The van der Waals surface area contributed by atoms with Crippen molar-refractivity contribution in [2.75, 3.05) is 0 Å². The normalized spacial score (nSPS) is 15.1. The molecule has 0 rings (SSSR count). The molecule has 0 bridgehead atoms. The first-order valence-corrected chi connectivity index (χ1v) is 8.66. The highest BCUT2D eigenvalue weighted by molar-refractivity contribution is 4.71. The summed E-state index contributed by atoms with van der Waals surface area (Å²) >= 11 is 0. The van der Waals surface area contributed by atoms with Gasteiger partial charge in [0.25, 0.3) is 0 Å². The van der Waals surface area contributed by atoms with E-state index in [1.165, 1.54) is 12.8 Å². The zero-order valence-electron chi connectivity index (χ0n) is 16.2. The Balaban J connectivity index is 4.89. The van der Waals surface area contributed by atoms with Crippen LogP contribution in [0.2, 0.25) is 0 Å². The Morgan fingerprint density at radius 3 is 1.55 bits per heavy atom. The molecule has 0 saturated heterocycles. The van der Waals surface area contributed by atoms with Gasteiger partial charge in [-0.05, 0) is 47.5 Å². The fourth-order valence-electron chi connectivity index (χ4n) is 1.93. The van der Waals surface area contributed by atoms with Crippen LogP contribution in [0.1, 0.15) is 94.4 Å². The molecule has 0 aliphatic carbocycles. The van der Waals surface area contributed by atoms with E-state index in [1.54, 1.807) is 0 Å². The van der Waals surface area contributed by atoms with Crippen molar-refractivity contribution >= 4 is 0 Å². The first kappa shape index (κ1) is 21.8. The van der Waals surface area contributed by atoms with Crippen LogP contribution >= 0.6 is 0 Å². The molecular formula is C18H38O4. The molecule has 0 aromatic rings. The van der Waals surface area contributed by atoms with Crippen molar-refractivity contribution in [1.29, 1.82) is 0 Å². The van der Waals surface area contributed by atoms with Gasteiger partial charge in [0, 0.05) is 12.8 Å². The van der Waals surface area contributed by atoms with Crippen molar-refractivity contribution in [2.45, 2.75) is 111 Å². The van der Waals surface area contributed by atoms with Gasteiger partial charge in [-0.2, -0.15) is 9.78 Å². The van der Waals surface area contributed by atoms with Crippen LogP contribution in [0, 0.1) is 5.92 Å². The maximum atomic E-state index is 5.74. The van der Waals surface area contributed by atoms with E-state index in [2.05, 4.69) is 13.8 Å². The lowest BCUT2D eigenvalue weighted by Gasteiger charge is -2.36. The molecule has 1 atom stereocenters. The lowest BCUT2D eigenvalue weighted by atomic mass is 9.94. The third kappa shape index (κ3) is 10.5. The van der Waals surface area contributed by atoms with Gasteiger partial charge in [0.15, 0.2) is 0 Å². The maximum Gasteiger partial charge on any atom is 0.234 e. The van der Waals surface area contributed by atoms with E-state index in [4.69, 9.17) is 19.6 Å². The zero-order chi connectivity index (χ0) is 17.4. The Morgan fingerprint density at radius 1 is 0.773 bits per heavy atom. The highest BCUT2D eigenvalue weighted by Crippen LogP contribution is 2.32. The fraction of sp³-hybridized carbons (Fsp3) is 1.00. The Bertz CT molecular complexity index is 270. The van der Waals surface area contributed by atoms with Crippen molar-refractivity contribution in [3.8, 4) is 0 Å². The van der Waals surface area contributed by atoms with Crippen LogP contribution in [-0.2, 0) is 19.6 Å². The summed E-state index contributed by atoms with van der Waals surface area (Å²) in [6, 6.07) is 0. The third-order valence-corrected chi connectivity index (χ3v) is 3.14. The van der Waals surface area contributed by atoms with Crippen molar-refractivity contribution < 1.29 is 19.6 Å². The summed E-state index contributed by atoms with van der Waals surface area (Å²) in [5.41, 5.74) is -0.781. The van der Waals surface area contributed by atoms with E-state index < -0.39 is 17.0 Å². The predicted octanol–water partition coefficient (Wildman–Crippen LogP) is 5.80. The molecule has 0 radical (unpaired) electrons. The number of unbranched alkanes of at least 4 members (excludes halogenated alkanes) is 1. The fourth-order valence-corrected chi connectivity index (χ4v) is 1.93. The third-order valence-electron chi connectivity index (χ3n) is 3.14. The van der Waals surface area contributed by atoms with Gasteiger partial charge >= 0.3 is 0 Å². The molecule has 0 aliphatic heterocycles. The second-order valence-corrected chi connectivity index (χ2v) is 8.27. The molecule has 134 valence electrons. The zero-order valence-corrected chi connectivity index (χ0v) is 16.2. The van der Waals surface area contributed by atoms with Gasteiger partial charge in [-0.25, -0.2) is 9.78 Å². The van der Waals surface area contributed by atoms with E-state index >= 15 is 0 Å².